The second-order valence-corrected chi connectivity index (χ2v) is 10.3. The van der Waals surface area contributed by atoms with Gasteiger partial charge in [0.15, 0.2) is 0 Å². The number of carbonyl (C=O) groups is 2. The summed E-state index contributed by atoms with van der Waals surface area (Å²) in [5, 5.41) is 0. The molecule has 0 saturated carbocycles. The van der Waals surface area contributed by atoms with Gasteiger partial charge in [-0.3, -0.25) is 0 Å². The van der Waals surface area contributed by atoms with E-state index in [-0.39, 0.29) is 0 Å². The molecule has 2 aromatic carbocycles. The van der Waals surface area contributed by atoms with Crippen molar-refractivity contribution in [1.29, 1.82) is 0 Å². The Morgan fingerprint density at radius 1 is 0.553 bits per heavy atom. The third kappa shape index (κ3) is 13.3. The molecule has 4 nitrogen and oxygen atoms in total. The largest absolute Gasteiger partial charge is 0.462 e. The summed E-state index contributed by atoms with van der Waals surface area (Å²) < 4.78 is 11.1. The minimum atomic E-state index is -0.394. The molecule has 209 valence electrons. The maximum absolute atomic E-state index is 12.9. The number of hydrogen-bond donors (Lipinski definition) is 0. The average Bonchev–Trinajstić information content (AvgIpc) is 2.95. The summed E-state index contributed by atoms with van der Waals surface area (Å²) in [5.74, 6) is -0.788. The van der Waals surface area contributed by atoms with Crippen molar-refractivity contribution < 1.29 is 19.1 Å². The fraction of sp³-hybridized carbons (Fsp3) is 0.588. The van der Waals surface area contributed by atoms with Gasteiger partial charge in [0.1, 0.15) is 0 Å². The Labute approximate surface area is 231 Å². The topological polar surface area (TPSA) is 52.6 Å². The molecular weight excluding hydrogens is 472 g/mol. The van der Waals surface area contributed by atoms with E-state index in [0.717, 1.165) is 36.8 Å². The zero-order valence-corrected chi connectivity index (χ0v) is 23.9. The van der Waals surface area contributed by atoms with Crippen LogP contribution in [0.2, 0.25) is 0 Å². The van der Waals surface area contributed by atoms with Crippen LogP contribution in [0.5, 0.6) is 0 Å². The standard InChI is InChI=1S/C34H49O4/c1-3-5-7-9-11-13-15-20-24-37-33(35)31-26-30(29-22-18-17-19-23-29)27-32(28-31)34(36)38-25-21-16-14-12-10-8-6-4-2/h18-19,22-23,26-28H,3-16,20-21,24-25H2,1-2H3. The first-order valence-electron chi connectivity index (χ1n) is 15.1. The van der Waals surface area contributed by atoms with Gasteiger partial charge in [-0.25, -0.2) is 9.59 Å². The number of benzene rings is 2. The SMILES string of the molecule is CCCCCCCCCCOC(=O)c1cc(C(=O)OCCCCCCCCCC)cc(-c2cc[c]cc2)c1. The van der Waals surface area contributed by atoms with E-state index in [9.17, 15) is 9.59 Å². The van der Waals surface area contributed by atoms with Crippen LogP contribution in [-0.4, -0.2) is 25.2 Å². The highest BCUT2D eigenvalue weighted by Gasteiger charge is 2.16. The Morgan fingerprint density at radius 3 is 1.37 bits per heavy atom. The number of carbonyl (C=O) groups excluding carboxylic acids is 2. The summed E-state index contributed by atoms with van der Waals surface area (Å²) in [4.78, 5) is 25.7. The van der Waals surface area contributed by atoms with E-state index < -0.39 is 11.9 Å². The van der Waals surface area contributed by atoms with E-state index in [0.29, 0.717) is 24.3 Å². The first kappa shape index (κ1) is 31.6. The molecule has 1 radical (unpaired) electrons. The van der Waals surface area contributed by atoms with Crippen LogP contribution in [0.15, 0.2) is 42.5 Å². The molecule has 0 aliphatic heterocycles. The molecule has 0 N–H and O–H groups in total. The van der Waals surface area contributed by atoms with E-state index in [1.165, 1.54) is 77.0 Å². The van der Waals surface area contributed by atoms with Crippen LogP contribution in [0, 0.1) is 6.07 Å². The maximum Gasteiger partial charge on any atom is 0.338 e. The Morgan fingerprint density at radius 2 is 0.947 bits per heavy atom. The fourth-order valence-corrected chi connectivity index (χ4v) is 4.58. The molecule has 0 amide bonds. The minimum absolute atomic E-state index is 0.383. The summed E-state index contributed by atoms with van der Waals surface area (Å²) in [7, 11) is 0. The van der Waals surface area contributed by atoms with Gasteiger partial charge >= 0.3 is 11.9 Å². The highest BCUT2D eigenvalue weighted by atomic mass is 16.5. The second kappa shape index (κ2) is 20.4. The predicted molar refractivity (Wildman–Crippen MR) is 156 cm³/mol. The summed E-state index contributed by atoms with van der Waals surface area (Å²) >= 11 is 0. The molecule has 38 heavy (non-hydrogen) atoms. The van der Waals surface area contributed by atoms with Gasteiger partial charge in [0.2, 0.25) is 0 Å². The fourth-order valence-electron chi connectivity index (χ4n) is 4.58. The molecule has 0 aliphatic rings. The summed E-state index contributed by atoms with van der Waals surface area (Å²) in [6.45, 7) is 5.26. The van der Waals surface area contributed by atoms with Crippen LogP contribution < -0.4 is 0 Å². The molecule has 4 heteroatoms. The molecule has 0 aromatic heterocycles. The van der Waals surface area contributed by atoms with E-state index >= 15 is 0 Å². The smallest absolute Gasteiger partial charge is 0.338 e. The lowest BCUT2D eigenvalue weighted by Gasteiger charge is -2.11. The monoisotopic (exact) mass is 521 g/mol. The number of unbranched alkanes of at least 4 members (excludes halogenated alkanes) is 14. The van der Waals surface area contributed by atoms with Crippen molar-refractivity contribution in [3.05, 3.63) is 59.7 Å². The molecule has 0 heterocycles. The number of ether oxygens (including phenoxy) is 2. The lowest BCUT2D eigenvalue weighted by Crippen LogP contribution is -2.11. The van der Waals surface area contributed by atoms with E-state index in [1.807, 2.05) is 24.3 Å². The first-order valence-corrected chi connectivity index (χ1v) is 15.1. The maximum atomic E-state index is 12.9. The van der Waals surface area contributed by atoms with E-state index in [1.54, 1.807) is 18.2 Å². The quantitative estimate of drug-likeness (QED) is 0.121. The van der Waals surface area contributed by atoms with Crippen molar-refractivity contribution in [2.45, 2.75) is 117 Å². The van der Waals surface area contributed by atoms with Crippen molar-refractivity contribution in [2.75, 3.05) is 13.2 Å². The molecule has 0 unspecified atom stereocenters. The Balaban J connectivity index is 1.86. The minimum Gasteiger partial charge on any atom is -0.462 e. The van der Waals surface area contributed by atoms with Gasteiger partial charge in [0.05, 0.1) is 24.3 Å². The Kier molecular flexibility index (Phi) is 16.9. The van der Waals surface area contributed by atoms with Gasteiger partial charge in [-0.15, -0.1) is 0 Å². The third-order valence-corrected chi connectivity index (χ3v) is 6.92. The van der Waals surface area contributed by atoms with Crippen LogP contribution in [0.1, 0.15) is 137 Å². The van der Waals surface area contributed by atoms with Crippen molar-refractivity contribution in [1.82, 2.24) is 0 Å². The summed E-state index contributed by atoms with van der Waals surface area (Å²) in [6, 6.07) is 15.7. The van der Waals surface area contributed by atoms with Crippen LogP contribution in [-0.2, 0) is 9.47 Å². The lowest BCUT2D eigenvalue weighted by atomic mass is 9.99. The van der Waals surface area contributed by atoms with E-state index in [4.69, 9.17) is 9.47 Å². The molecule has 0 atom stereocenters. The van der Waals surface area contributed by atoms with Gasteiger partial charge < -0.3 is 9.47 Å². The van der Waals surface area contributed by atoms with Crippen molar-refractivity contribution in [2.24, 2.45) is 0 Å². The molecule has 2 rings (SSSR count). The zero-order chi connectivity index (χ0) is 27.3. The average molecular weight is 522 g/mol. The lowest BCUT2D eigenvalue weighted by molar-refractivity contribution is 0.0496. The highest BCUT2D eigenvalue weighted by Crippen LogP contribution is 2.24. The van der Waals surface area contributed by atoms with Gasteiger partial charge in [0.25, 0.3) is 0 Å². The van der Waals surface area contributed by atoms with Crippen LogP contribution in [0.25, 0.3) is 11.1 Å². The normalized spacial score (nSPS) is 10.9. The molecule has 0 fully saturated rings. The van der Waals surface area contributed by atoms with Crippen LogP contribution in [0.4, 0.5) is 0 Å². The molecular formula is C34H49O4. The highest BCUT2D eigenvalue weighted by molar-refractivity contribution is 5.97. The van der Waals surface area contributed by atoms with Crippen LogP contribution >= 0.6 is 0 Å². The zero-order valence-electron chi connectivity index (χ0n) is 23.9. The molecule has 0 spiro atoms. The second-order valence-electron chi connectivity index (χ2n) is 10.3. The van der Waals surface area contributed by atoms with Crippen molar-refractivity contribution in [3.8, 4) is 11.1 Å². The number of rotatable bonds is 21. The summed E-state index contributed by atoms with van der Waals surface area (Å²) in [5.41, 5.74) is 2.47. The van der Waals surface area contributed by atoms with Gasteiger partial charge in [0, 0.05) is 0 Å². The Bertz CT molecular complexity index is 854. The number of hydrogen-bond acceptors (Lipinski definition) is 4. The van der Waals surface area contributed by atoms with Crippen molar-refractivity contribution >= 4 is 11.9 Å². The molecule has 0 bridgehead atoms. The predicted octanol–water partition coefficient (Wildman–Crippen LogP) is 9.75. The third-order valence-electron chi connectivity index (χ3n) is 6.92. The van der Waals surface area contributed by atoms with Gasteiger partial charge in [-0.05, 0) is 48.2 Å². The van der Waals surface area contributed by atoms with Gasteiger partial charge in [-0.1, -0.05) is 128 Å². The van der Waals surface area contributed by atoms with Gasteiger partial charge in [-0.2, -0.15) is 0 Å². The van der Waals surface area contributed by atoms with E-state index in [2.05, 4.69) is 19.9 Å². The summed E-state index contributed by atoms with van der Waals surface area (Å²) in [6.07, 6.45) is 19.0. The molecule has 2 aromatic rings. The molecule has 0 saturated heterocycles. The first-order chi connectivity index (χ1) is 18.7. The number of esters is 2. The Hall–Kier alpha value is -2.62. The molecule has 0 aliphatic carbocycles. The van der Waals surface area contributed by atoms with Crippen molar-refractivity contribution in [3.63, 3.8) is 0 Å². The van der Waals surface area contributed by atoms with Crippen LogP contribution in [0.3, 0.4) is 0 Å².